The summed E-state index contributed by atoms with van der Waals surface area (Å²) in [5.74, 6) is 0.384. The van der Waals surface area contributed by atoms with Gasteiger partial charge in [0.25, 0.3) is 0 Å². The van der Waals surface area contributed by atoms with E-state index in [0.717, 1.165) is 12.0 Å². The van der Waals surface area contributed by atoms with Crippen LogP contribution in [0.5, 0.6) is 0 Å². The number of nitrogens with one attached hydrogen (secondary N) is 1. The predicted molar refractivity (Wildman–Crippen MR) is 86.5 cm³/mol. The van der Waals surface area contributed by atoms with Gasteiger partial charge < -0.3 is 15.2 Å². The van der Waals surface area contributed by atoms with Gasteiger partial charge in [0.2, 0.25) is 5.91 Å². The number of rotatable bonds is 7. The lowest BCUT2D eigenvalue weighted by molar-refractivity contribution is -0.130. The highest BCUT2D eigenvalue weighted by atomic mass is 16.5. The normalized spacial score (nSPS) is 23.0. The van der Waals surface area contributed by atoms with Crippen molar-refractivity contribution < 1.29 is 14.6 Å². The van der Waals surface area contributed by atoms with Crippen LogP contribution in [0.1, 0.15) is 38.2 Å². The number of ether oxygens (including phenoxy) is 1. The van der Waals surface area contributed by atoms with Gasteiger partial charge >= 0.3 is 0 Å². The Morgan fingerprint density at radius 3 is 2.77 bits per heavy atom. The van der Waals surface area contributed by atoms with Gasteiger partial charge in [0.15, 0.2) is 0 Å². The van der Waals surface area contributed by atoms with Gasteiger partial charge in [-0.05, 0) is 24.3 Å². The van der Waals surface area contributed by atoms with E-state index < -0.39 is 6.10 Å². The molecule has 1 saturated carbocycles. The van der Waals surface area contributed by atoms with E-state index >= 15 is 0 Å². The Bertz CT molecular complexity index is 449. The highest BCUT2D eigenvalue weighted by molar-refractivity contribution is 5.77. The largest absolute Gasteiger partial charge is 0.391 e. The van der Waals surface area contributed by atoms with Crippen molar-refractivity contribution in [2.45, 2.75) is 51.2 Å². The molecule has 22 heavy (non-hydrogen) atoms. The highest BCUT2D eigenvalue weighted by Gasteiger charge is 2.22. The molecule has 0 aliphatic heterocycles. The number of hydrogen-bond acceptors (Lipinski definition) is 3. The molecule has 3 unspecified atom stereocenters. The van der Waals surface area contributed by atoms with Crippen molar-refractivity contribution in [1.29, 1.82) is 0 Å². The van der Waals surface area contributed by atoms with Gasteiger partial charge in [-0.25, -0.2) is 0 Å². The van der Waals surface area contributed by atoms with E-state index in [1.807, 2.05) is 30.3 Å². The van der Waals surface area contributed by atoms with Crippen molar-refractivity contribution in [2.75, 3.05) is 13.2 Å². The summed E-state index contributed by atoms with van der Waals surface area (Å²) in [6.07, 6.45) is 4.86. The molecule has 1 aliphatic rings. The molecule has 0 aromatic heterocycles. The molecule has 1 fully saturated rings. The first-order chi connectivity index (χ1) is 10.6. The standard InChI is InChI=1S/C18H27NO3/c1-14-7-5-6-10-17(14)22-13-18(21)19-12-16(20)11-15-8-3-2-4-9-15/h2-4,8-9,14,16-17,20H,5-7,10-13H2,1H3,(H,19,21). The van der Waals surface area contributed by atoms with Crippen LogP contribution in [-0.4, -0.2) is 36.4 Å². The van der Waals surface area contributed by atoms with Crippen molar-refractivity contribution >= 4 is 5.91 Å². The average molecular weight is 305 g/mol. The molecule has 4 heteroatoms. The van der Waals surface area contributed by atoms with E-state index in [1.165, 1.54) is 19.3 Å². The molecule has 4 nitrogen and oxygen atoms in total. The summed E-state index contributed by atoms with van der Waals surface area (Å²) in [6, 6.07) is 9.78. The number of benzene rings is 1. The molecule has 3 atom stereocenters. The average Bonchev–Trinajstić information content (AvgIpc) is 2.53. The fourth-order valence-electron chi connectivity index (χ4n) is 2.95. The smallest absolute Gasteiger partial charge is 0.246 e. The van der Waals surface area contributed by atoms with Gasteiger partial charge in [0.1, 0.15) is 6.61 Å². The summed E-state index contributed by atoms with van der Waals surface area (Å²) < 4.78 is 5.71. The van der Waals surface area contributed by atoms with E-state index in [2.05, 4.69) is 12.2 Å². The molecule has 0 saturated heterocycles. The fourth-order valence-corrected chi connectivity index (χ4v) is 2.95. The number of aliphatic hydroxyl groups is 1. The number of amides is 1. The Hall–Kier alpha value is -1.39. The second-order valence-corrected chi connectivity index (χ2v) is 6.26. The monoisotopic (exact) mass is 305 g/mol. The molecule has 122 valence electrons. The first-order valence-electron chi connectivity index (χ1n) is 8.25. The van der Waals surface area contributed by atoms with Crippen LogP contribution in [0.3, 0.4) is 0 Å². The van der Waals surface area contributed by atoms with E-state index in [4.69, 9.17) is 4.74 Å². The van der Waals surface area contributed by atoms with Crippen molar-refractivity contribution in [3.05, 3.63) is 35.9 Å². The number of carbonyl (C=O) groups is 1. The number of carbonyl (C=O) groups excluding carboxylic acids is 1. The Morgan fingerprint density at radius 1 is 1.32 bits per heavy atom. The van der Waals surface area contributed by atoms with Crippen molar-refractivity contribution in [3.8, 4) is 0 Å². The van der Waals surface area contributed by atoms with Crippen LogP contribution < -0.4 is 5.32 Å². The van der Waals surface area contributed by atoms with E-state index in [-0.39, 0.29) is 25.2 Å². The summed E-state index contributed by atoms with van der Waals surface area (Å²) in [7, 11) is 0. The zero-order chi connectivity index (χ0) is 15.8. The lowest BCUT2D eigenvalue weighted by Gasteiger charge is -2.28. The van der Waals surface area contributed by atoms with Crippen LogP contribution in [-0.2, 0) is 16.0 Å². The topological polar surface area (TPSA) is 58.6 Å². The summed E-state index contributed by atoms with van der Waals surface area (Å²) in [6.45, 7) is 2.54. The van der Waals surface area contributed by atoms with Gasteiger partial charge in [-0.2, -0.15) is 0 Å². The first-order valence-corrected chi connectivity index (χ1v) is 8.25. The van der Waals surface area contributed by atoms with Crippen LogP contribution in [0.2, 0.25) is 0 Å². The van der Waals surface area contributed by atoms with Gasteiger partial charge in [-0.1, -0.05) is 50.1 Å². The van der Waals surface area contributed by atoms with Crippen LogP contribution in [0.4, 0.5) is 0 Å². The molecular weight excluding hydrogens is 278 g/mol. The van der Waals surface area contributed by atoms with E-state index in [9.17, 15) is 9.90 Å². The van der Waals surface area contributed by atoms with Crippen molar-refractivity contribution in [2.24, 2.45) is 5.92 Å². The van der Waals surface area contributed by atoms with Gasteiger partial charge in [0.05, 0.1) is 12.2 Å². The zero-order valence-corrected chi connectivity index (χ0v) is 13.3. The molecule has 0 bridgehead atoms. The molecular formula is C18H27NO3. The third-order valence-corrected chi connectivity index (χ3v) is 4.31. The summed E-state index contributed by atoms with van der Waals surface area (Å²) in [5.41, 5.74) is 1.07. The molecule has 1 aromatic rings. The Kier molecular flexibility index (Phi) is 6.87. The Balaban J connectivity index is 1.62. The van der Waals surface area contributed by atoms with Crippen LogP contribution in [0.25, 0.3) is 0 Å². The minimum atomic E-state index is -0.569. The second kappa shape index (κ2) is 8.91. The maximum absolute atomic E-state index is 11.8. The number of hydrogen-bond donors (Lipinski definition) is 2. The Morgan fingerprint density at radius 2 is 2.05 bits per heavy atom. The van der Waals surface area contributed by atoms with E-state index in [0.29, 0.717) is 12.3 Å². The summed E-state index contributed by atoms with van der Waals surface area (Å²) in [5, 5.41) is 12.7. The van der Waals surface area contributed by atoms with Crippen LogP contribution >= 0.6 is 0 Å². The SMILES string of the molecule is CC1CCCCC1OCC(=O)NCC(O)Cc1ccccc1. The molecule has 0 radical (unpaired) electrons. The van der Waals surface area contributed by atoms with Gasteiger partial charge in [0, 0.05) is 13.0 Å². The summed E-state index contributed by atoms with van der Waals surface area (Å²) in [4.78, 5) is 11.8. The lowest BCUT2D eigenvalue weighted by Crippen LogP contribution is -2.37. The predicted octanol–water partition coefficient (Wildman–Crippen LogP) is 2.30. The molecule has 0 heterocycles. The lowest BCUT2D eigenvalue weighted by atomic mass is 9.88. The molecule has 1 aromatic carbocycles. The summed E-state index contributed by atoms with van der Waals surface area (Å²) >= 11 is 0. The molecule has 0 spiro atoms. The third-order valence-electron chi connectivity index (χ3n) is 4.31. The Labute approximate surface area is 132 Å². The maximum atomic E-state index is 11.8. The van der Waals surface area contributed by atoms with E-state index in [1.54, 1.807) is 0 Å². The highest BCUT2D eigenvalue weighted by Crippen LogP contribution is 2.25. The first kappa shape index (κ1) is 17.0. The van der Waals surface area contributed by atoms with Gasteiger partial charge in [-0.15, -0.1) is 0 Å². The molecule has 1 amide bonds. The van der Waals surface area contributed by atoms with Crippen molar-refractivity contribution in [1.82, 2.24) is 5.32 Å². The van der Waals surface area contributed by atoms with Crippen LogP contribution in [0.15, 0.2) is 30.3 Å². The minimum Gasteiger partial charge on any atom is -0.391 e. The third kappa shape index (κ3) is 5.78. The fraction of sp³-hybridized carbons (Fsp3) is 0.611. The van der Waals surface area contributed by atoms with Crippen LogP contribution in [0, 0.1) is 5.92 Å². The molecule has 2 N–H and O–H groups in total. The quantitative estimate of drug-likeness (QED) is 0.812. The molecule has 2 rings (SSSR count). The zero-order valence-electron chi connectivity index (χ0n) is 13.3. The molecule has 1 aliphatic carbocycles. The number of aliphatic hydroxyl groups excluding tert-OH is 1. The van der Waals surface area contributed by atoms with Gasteiger partial charge in [-0.3, -0.25) is 4.79 Å². The van der Waals surface area contributed by atoms with Crippen molar-refractivity contribution in [3.63, 3.8) is 0 Å². The second-order valence-electron chi connectivity index (χ2n) is 6.26. The minimum absolute atomic E-state index is 0.0903. The maximum Gasteiger partial charge on any atom is 0.246 e.